The quantitative estimate of drug-likeness (QED) is 0.0909. The Morgan fingerprint density at radius 2 is 1.38 bits per heavy atom. The molecule has 1 aliphatic heterocycles. The van der Waals surface area contributed by atoms with E-state index in [1.807, 2.05) is 66.7 Å². The van der Waals surface area contributed by atoms with Gasteiger partial charge in [0, 0.05) is 19.5 Å². The molecule has 58 heavy (non-hydrogen) atoms. The van der Waals surface area contributed by atoms with Crippen LogP contribution in [0.1, 0.15) is 93.7 Å². The Morgan fingerprint density at radius 1 is 0.655 bits per heavy atom. The van der Waals surface area contributed by atoms with Crippen LogP contribution in [0.5, 0.6) is 0 Å². The molecule has 0 saturated heterocycles. The van der Waals surface area contributed by atoms with Gasteiger partial charge in [-0.3, -0.25) is 24.0 Å². The number of rotatable bonds is 9. The minimum atomic E-state index is -0.971. The number of carbonyl (C=O) groups is 5. The lowest BCUT2D eigenvalue weighted by molar-refractivity contribution is -0.132. The molecule has 11 N–H and O–H groups in total. The van der Waals surface area contributed by atoms with Crippen molar-refractivity contribution in [1.29, 1.82) is 0 Å². The van der Waals surface area contributed by atoms with Crippen molar-refractivity contribution in [3.05, 3.63) is 83.4 Å². The lowest BCUT2D eigenvalue weighted by Crippen LogP contribution is -2.54. The van der Waals surface area contributed by atoms with Crippen LogP contribution in [-0.4, -0.2) is 72.8 Å². The lowest BCUT2D eigenvalue weighted by atomic mass is 9.84. The minimum Gasteiger partial charge on any atom is -0.370 e. The maximum Gasteiger partial charge on any atom is 0.245 e. The maximum absolute atomic E-state index is 14.1. The zero-order valence-corrected chi connectivity index (χ0v) is 33.5. The van der Waals surface area contributed by atoms with E-state index in [9.17, 15) is 24.0 Å². The third-order valence-electron chi connectivity index (χ3n) is 11.0. The van der Waals surface area contributed by atoms with Crippen molar-refractivity contribution in [1.82, 2.24) is 26.6 Å². The molecule has 3 aromatic rings. The van der Waals surface area contributed by atoms with E-state index in [2.05, 4.69) is 31.6 Å². The maximum atomic E-state index is 14.1. The molecule has 3 aromatic carbocycles. The molecule has 0 aromatic heterocycles. The Labute approximate surface area is 341 Å². The van der Waals surface area contributed by atoms with Gasteiger partial charge in [0.05, 0.1) is 6.42 Å². The van der Waals surface area contributed by atoms with Crippen LogP contribution in [0.15, 0.2) is 71.7 Å². The van der Waals surface area contributed by atoms with Crippen LogP contribution in [0.2, 0.25) is 0 Å². The van der Waals surface area contributed by atoms with E-state index >= 15 is 0 Å². The zero-order chi connectivity index (χ0) is 41.3. The van der Waals surface area contributed by atoms with Gasteiger partial charge in [0.2, 0.25) is 29.5 Å². The fourth-order valence-electron chi connectivity index (χ4n) is 7.92. The molecular formula is C44H61N9O5. The Hall–Kier alpha value is -5.50. The second kappa shape index (κ2) is 22.4. The average Bonchev–Trinajstić information content (AvgIpc) is 3.21. The summed E-state index contributed by atoms with van der Waals surface area (Å²) in [5, 5.41) is 16.8. The molecule has 5 amide bonds. The fourth-order valence-corrected chi connectivity index (χ4v) is 7.92. The molecule has 1 aliphatic carbocycles. The number of amides is 5. The first-order valence-electron chi connectivity index (χ1n) is 20.9. The molecule has 2 aliphatic rings. The molecule has 1 saturated carbocycles. The summed E-state index contributed by atoms with van der Waals surface area (Å²) in [4.78, 5) is 73.0. The van der Waals surface area contributed by atoms with E-state index in [0.717, 1.165) is 54.0 Å². The van der Waals surface area contributed by atoms with Gasteiger partial charge in [-0.25, -0.2) is 4.99 Å². The molecule has 0 spiro atoms. The standard InChI is InChI=1S/C44H61N9O5/c45-21-8-6-17-35-40(55)48-22-9-7-18-36(53-44(46)47)42(57)52-37(25-29-11-2-1-3-12-29)41(56)49-28-32-14-10-13-30(23-32)27-39(54)50-38(43(58)51-35)26-31-19-20-33-15-4-5-16-34(33)24-31/h4-5,10,13-16,19-20,23-24,29,35-38H,1-3,6-9,11-12,17-18,21-22,25-28,45H2,(H,48,55)(H,49,56)(H,50,54)(H,51,58)(H,52,57)(H4,46,47,53)/t35-,36+,37+,38-/m0/s1. The van der Waals surface area contributed by atoms with Gasteiger partial charge in [-0.2, -0.15) is 0 Å². The predicted molar refractivity (Wildman–Crippen MR) is 226 cm³/mol. The first kappa shape index (κ1) is 43.6. The Bertz CT molecular complexity index is 1890. The number of unbranched alkanes of at least 4 members (excludes halogenated alkanes) is 1. The topological polar surface area (TPSA) is 236 Å². The summed E-state index contributed by atoms with van der Waals surface area (Å²) in [6, 6.07) is 17.6. The molecule has 1 fully saturated rings. The molecular weight excluding hydrogens is 735 g/mol. The van der Waals surface area contributed by atoms with E-state index in [-0.39, 0.29) is 56.0 Å². The van der Waals surface area contributed by atoms with Crippen LogP contribution in [0.25, 0.3) is 10.8 Å². The highest BCUT2D eigenvalue weighted by Crippen LogP contribution is 2.28. The molecule has 1 heterocycles. The van der Waals surface area contributed by atoms with Gasteiger partial charge in [-0.15, -0.1) is 0 Å². The van der Waals surface area contributed by atoms with Crippen LogP contribution < -0.4 is 43.8 Å². The van der Waals surface area contributed by atoms with Crippen molar-refractivity contribution in [2.75, 3.05) is 13.1 Å². The molecule has 4 atom stereocenters. The highest BCUT2D eigenvalue weighted by molar-refractivity contribution is 5.93. The second-order valence-corrected chi connectivity index (χ2v) is 15.7. The van der Waals surface area contributed by atoms with Crippen LogP contribution in [0.3, 0.4) is 0 Å². The number of nitrogens with zero attached hydrogens (tertiary/aromatic N) is 1. The Morgan fingerprint density at radius 3 is 2.16 bits per heavy atom. The van der Waals surface area contributed by atoms with Crippen LogP contribution in [0, 0.1) is 5.92 Å². The number of benzene rings is 3. The predicted octanol–water partition coefficient (Wildman–Crippen LogP) is 2.74. The molecule has 5 rings (SSSR count). The number of carbonyl (C=O) groups excluding carboxylic acids is 5. The number of fused-ring (bicyclic) bond motifs is 3. The highest BCUT2D eigenvalue weighted by Gasteiger charge is 2.30. The first-order valence-corrected chi connectivity index (χ1v) is 20.9. The van der Waals surface area contributed by atoms with E-state index in [1.165, 1.54) is 0 Å². The summed E-state index contributed by atoms with van der Waals surface area (Å²) < 4.78 is 0. The number of hydrogen-bond acceptors (Lipinski definition) is 7. The number of hydrogen-bond donors (Lipinski definition) is 8. The van der Waals surface area contributed by atoms with Gasteiger partial charge in [0.15, 0.2) is 5.96 Å². The molecule has 312 valence electrons. The molecule has 0 radical (unpaired) electrons. The van der Waals surface area contributed by atoms with Gasteiger partial charge in [-0.1, -0.05) is 98.8 Å². The zero-order valence-electron chi connectivity index (χ0n) is 33.5. The molecule has 2 bridgehead atoms. The van der Waals surface area contributed by atoms with Crippen molar-refractivity contribution in [3.8, 4) is 0 Å². The van der Waals surface area contributed by atoms with Gasteiger partial charge >= 0.3 is 0 Å². The monoisotopic (exact) mass is 795 g/mol. The number of nitrogens with one attached hydrogen (secondary N) is 5. The third-order valence-corrected chi connectivity index (χ3v) is 11.0. The smallest absolute Gasteiger partial charge is 0.245 e. The van der Waals surface area contributed by atoms with Crippen molar-refractivity contribution in [2.24, 2.45) is 28.1 Å². The van der Waals surface area contributed by atoms with E-state index < -0.39 is 36.0 Å². The number of aliphatic imine (C=N–C) groups is 1. The van der Waals surface area contributed by atoms with Crippen molar-refractivity contribution in [2.45, 2.75) is 121 Å². The summed E-state index contributed by atoms with van der Waals surface area (Å²) in [6.45, 7) is 0.906. The third kappa shape index (κ3) is 13.9. The second-order valence-electron chi connectivity index (χ2n) is 15.7. The van der Waals surface area contributed by atoms with E-state index in [0.29, 0.717) is 56.6 Å². The molecule has 0 unspecified atom stereocenters. The first-order chi connectivity index (χ1) is 28.1. The highest BCUT2D eigenvalue weighted by atomic mass is 16.2. The summed E-state index contributed by atoms with van der Waals surface area (Å²) in [5.41, 5.74) is 19.6. The van der Waals surface area contributed by atoms with Crippen molar-refractivity contribution < 1.29 is 24.0 Å². The van der Waals surface area contributed by atoms with Gasteiger partial charge < -0.3 is 43.8 Å². The Balaban J connectivity index is 1.40. The van der Waals surface area contributed by atoms with Crippen LogP contribution >= 0.6 is 0 Å². The minimum absolute atomic E-state index is 0.0176. The lowest BCUT2D eigenvalue weighted by Gasteiger charge is -2.27. The van der Waals surface area contributed by atoms with Gasteiger partial charge in [0.25, 0.3) is 0 Å². The average molecular weight is 796 g/mol. The largest absolute Gasteiger partial charge is 0.370 e. The van der Waals surface area contributed by atoms with Crippen LogP contribution in [-0.2, 0) is 43.4 Å². The molecule has 14 nitrogen and oxygen atoms in total. The summed E-state index contributed by atoms with van der Waals surface area (Å²) in [5.74, 6) is -1.89. The number of nitrogens with two attached hydrogens (primary N) is 3. The summed E-state index contributed by atoms with van der Waals surface area (Å²) in [6.07, 6.45) is 8.94. The van der Waals surface area contributed by atoms with Gasteiger partial charge in [0.1, 0.15) is 24.2 Å². The number of guanidine groups is 1. The summed E-state index contributed by atoms with van der Waals surface area (Å²) in [7, 11) is 0. The molecule has 14 heteroatoms. The van der Waals surface area contributed by atoms with E-state index in [1.54, 1.807) is 0 Å². The van der Waals surface area contributed by atoms with E-state index in [4.69, 9.17) is 17.2 Å². The SMILES string of the molecule is NCCCC[C@@H]1NC(=O)[C@H](Cc2ccc3ccccc3c2)NC(=O)Cc2cccc(c2)CNC(=O)[C@@H](CC2CCCCC2)NC(=O)[C@H](N=C(N)N)CCCCNC1=O. The van der Waals surface area contributed by atoms with Crippen molar-refractivity contribution in [3.63, 3.8) is 0 Å². The van der Waals surface area contributed by atoms with Gasteiger partial charge in [-0.05, 0) is 84.9 Å². The van der Waals surface area contributed by atoms with Crippen molar-refractivity contribution >= 4 is 46.3 Å². The normalized spacial score (nSPS) is 22.5. The fraction of sp³-hybridized carbons (Fsp3) is 0.500. The van der Waals surface area contributed by atoms with Crippen LogP contribution in [0.4, 0.5) is 0 Å². The Kier molecular flexibility index (Phi) is 16.9. The summed E-state index contributed by atoms with van der Waals surface area (Å²) >= 11 is 0.